The maximum Gasteiger partial charge on any atom is 0.255 e. The summed E-state index contributed by atoms with van der Waals surface area (Å²) in [5, 5.41) is 19.5. The predicted octanol–water partition coefficient (Wildman–Crippen LogP) is 2.40. The lowest BCUT2D eigenvalue weighted by Gasteiger charge is -2.12. The molecule has 1 aromatic carbocycles. The maximum atomic E-state index is 12.4. The van der Waals surface area contributed by atoms with Crippen molar-refractivity contribution in [3.8, 4) is 11.3 Å². The van der Waals surface area contributed by atoms with Crippen molar-refractivity contribution in [2.45, 2.75) is 12.5 Å². The summed E-state index contributed by atoms with van der Waals surface area (Å²) in [5.41, 5.74) is 1.93. The van der Waals surface area contributed by atoms with Crippen molar-refractivity contribution in [2.24, 2.45) is 5.92 Å². The molecule has 1 aliphatic carbocycles. The first-order valence-electron chi connectivity index (χ1n) is 7.06. The van der Waals surface area contributed by atoms with Crippen molar-refractivity contribution in [1.29, 1.82) is 0 Å². The zero-order valence-corrected chi connectivity index (χ0v) is 12.5. The molecule has 22 heavy (non-hydrogen) atoms. The van der Waals surface area contributed by atoms with Crippen LogP contribution in [0.2, 0.25) is 5.02 Å². The molecule has 1 heterocycles. The number of aromatic amines is 1. The normalized spacial score (nSPS) is 20.3. The number of nitrogens with one attached hydrogen (secondary N) is 2. The van der Waals surface area contributed by atoms with Crippen molar-refractivity contribution in [2.75, 3.05) is 6.61 Å². The lowest BCUT2D eigenvalue weighted by molar-refractivity contribution is 0.0942. The number of rotatable bonds is 4. The number of amides is 1. The average Bonchev–Trinajstić information content (AvgIpc) is 3.16. The molecule has 3 N–H and O–H groups in total. The number of hydrogen-bond donors (Lipinski definition) is 3. The Morgan fingerprint density at radius 1 is 1.45 bits per heavy atom. The van der Waals surface area contributed by atoms with Crippen LogP contribution in [0, 0.1) is 5.92 Å². The summed E-state index contributed by atoms with van der Waals surface area (Å²) in [5.74, 6) is -0.0842. The van der Waals surface area contributed by atoms with E-state index in [1.165, 1.54) is 6.20 Å². The van der Waals surface area contributed by atoms with Crippen LogP contribution in [0.15, 0.2) is 42.6 Å². The van der Waals surface area contributed by atoms with E-state index in [2.05, 4.69) is 15.5 Å². The quantitative estimate of drug-likeness (QED) is 0.758. The van der Waals surface area contributed by atoms with E-state index in [-0.39, 0.29) is 24.5 Å². The molecular formula is C16H16ClN3O2. The molecule has 1 aliphatic rings. The van der Waals surface area contributed by atoms with Gasteiger partial charge in [-0.05, 0) is 18.6 Å². The van der Waals surface area contributed by atoms with E-state index < -0.39 is 0 Å². The molecule has 0 saturated carbocycles. The van der Waals surface area contributed by atoms with Crippen molar-refractivity contribution in [3.63, 3.8) is 0 Å². The molecule has 0 spiro atoms. The second-order valence-electron chi connectivity index (χ2n) is 5.31. The fourth-order valence-electron chi connectivity index (χ4n) is 2.59. The standard InChI is InChI=1S/C16H16ClN3O2/c17-12-3-1-2-11(7-12)15-14(8-18-20-15)16(22)19-13-5-4-10(6-13)9-21/h1-5,7-8,10,13,21H,6,9H2,(H,18,20)(H,19,22)/t10-,13+/m0/s1. The van der Waals surface area contributed by atoms with E-state index in [0.717, 1.165) is 5.56 Å². The molecule has 0 radical (unpaired) electrons. The summed E-state index contributed by atoms with van der Waals surface area (Å²) in [4.78, 5) is 12.4. The van der Waals surface area contributed by atoms with Gasteiger partial charge in [-0.1, -0.05) is 35.9 Å². The number of carbonyl (C=O) groups is 1. The van der Waals surface area contributed by atoms with Crippen molar-refractivity contribution >= 4 is 17.5 Å². The Kier molecular flexibility index (Phi) is 4.27. The van der Waals surface area contributed by atoms with E-state index in [4.69, 9.17) is 16.7 Å². The number of aliphatic hydroxyl groups is 1. The van der Waals surface area contributed by atoms with E-state index in [9.17, 15) is 4.79 Å². The number of H-pyrrole nitrogens is 1. The van der Waals surface area contributed by atoms with Crippen LogP contribution in [0.5, 0.6) is 0 Å². The number of carbonyl (C=O) groups excluding carboxylic acids is 1. The minimum absolute atomic E-state index is 0.0632. The molecule has 0 bridgehead atoms. The van der Waals surface area contributed by atoms with Crippen LogP contribution in [-0.4, -0.2) is 33.9 Å². The summed E-state index contributed by atoms with van der Waals surface area (Å²) < 4.78 is 0. The summed E-state index contributed by atoms with van der Waals surface area (Å²) >= 11 is 6.00. The first kappa shape index (κ1) is 14.8. The van der Waals surface area contributed by atoms with E-state index in [1.54, 1.807) is 12.1 Å². The molecular weight excluding hydrogens is 302 g/mol. The van der Waals surface area contributed by atoms with Crippen LogP contribution >= 0.6 is 11.6 Å². The Balaban J connectivity index is 1.77. The summed E-state index contributed by atoms with van der Waals surface area (Å²) in [6.45, 7) is 0.0995. The number of nitrogens with zero attached hydrogens (tertiary/aromatic N) is 1. The van der Waals surface area contributed by atoms with Gasteiger partial charge in [0.1, 0.15) is 0 Å². The highest BCUT2D eigenvalue weighted by Crippen LogP contribution is 2.24. The molecule has 114 valence electrons. The van der Waals surface area contributed by atoms with Crippen LogP contribution in [0.4, 0.5) is 0 Å². The second-order valence-corrected chi connectivity index (χ2v) is 5.75. The van der Waals surface area contributed by atoms with E-state index in [1.807, 2.05) is 24.3 Å². The molecule has 0 fully saturated rings. The fourth-order valence-corrected chi connectivity index (χ4v) is 2.78. The Morgan fingerprint density at radius 3 is 3.05 bits per heavy atom. The third-order valence-electron chi connectivity index (χ3n) is 3.72. The van der Waals surface area contributed by atoms with E-state index >= 15 is 0 Å². The Hall–Kier alpha value is -2.11. The highest BCUT2D eigenvalue weighted by Gasteiger charge is 2.22. The molecule has 5 nitrogen and oxygen atoms in total. The molecule has 1 amide bonds. The van der Waals surface area contributed by atoms with Crippen LogP contribution < -0.4 is 5.32 Å². The fraction of sp³-hybridized carbons (Fsp3) is 0.250. The molecule has 6 heteroatoms. The summed E-state index contributed by atoms with van der Waals surface area (Å²) in [6, 6.07) is 7.19. The summed E-state index contributed by atoms with van der Waals surface area (Å²) in [7, 11) is 0. The molecule has 3 rings (SSSR count). The van der Waals surface area contributed by atoms with Gasteiger partial charge in [-0.25, -0.2) is 0 Å². The number of halogens is 1. The number of benzene rings is 1. The molecule has 2 atom stereocenters. The van der Waals surface area contributed by atoms with E-state index in [0.29, 0.717) is 22.7 Å². The highest BCUT2D eigenvalue weighted by molar-refractivity contribution is 6.30. The Morgan fingerprint density at radius 2 is 2.32 bits per heavy atom. The largest absolute Gasteiger partial charge is 0.396 e. The topological polar surface area (TPSA) is 78.0 Å². The molecule has 1 aromatic heterocycles. The Labute approximate surface area is 133 Å². The average molecular weight is 318 g/mol. The lowest BCUT2D eigenvalue weighted by atomic mass is 10.1. The summed E-state index contributed by atoms with van der Waals surface area (Å²) in [6.07, 6.45) is 6.07. The smallest absolute Gasteiger partial charge is 0.255 e. The third-order valence-corrected chi connectivity index (χ3v) is 3.96. The van der Waals surface area contributed by atoms with Crippen LogP contribution in [-0.2, 0) is 0 Å². The van der Waals surface area contributed by atoms with Gasteiger partial charge in [0.25, 0.3) is 5.91 Å². The zero-order valence-electron chi connectivity index (χ0n) is 11.8. The van der Waals surface area contributed by atoms with Gasteiger partial charge >= 0.3 is 0 Å². The minimum Gasteiger partial charge on any atom is -0.396 e. The predicted molar refractivity (Wildman–Crippen MR) is 84.6 cm³/mol. The van der Waals surface area contributed by atoms with Gasteiger partial charge < -0.3 is 10.4 Å². The van der Waals surface area contributed by atoms with Crippen molar-refractivity contribution in [3.05, 3.63) is 53.2 Å². The van der Waals surface area contributed by atoms with Gasteiger partial charge in [0.2, 0.25) is 0 Å². The number of aliphatic hydroxyl groups excluding tert-OH is 1. The van der Waals surface area contributed by atoms with Crippen LogP contribution in [0.25, 0.3) is 11.3 Å². The van der Waals surface area contributed by atoms with Gasteiger partial charge in [-0.15, -0.1) is 0 Å². The third kappa shape index (κ3) is 3.05. The number of aromatic nitrogens is 2. The SMILES string of the molecule is O=C(N[C@@H]1C=C[C@H](CO)C1)c1cn[nH]c1-c1cccc(Cl)c1. The maximum absolute atomic E-state index is 12.4. The first-order chi connectivity index (χ1) is 10.7. The second kappa shape index (κ2) is 6.34. The molecule has 2 aromatic rings. The highest BCUT2D eigenvalue weighted by atomic mass is 35.5. The van der Waals surface area contributed by atoms with Crippen LogP contribution in [0.1, 0.15) is 16.8 Å². The molecule has 0 saturated heterocycles. The van der Waals surface area contributed by atoms with Gasteiger partial charge in [-0.2, -0.15) is 5.10 Å². The lowest BCUT2D eigenvalue weighted by Crippen LogP contribution is -2.33. The minimum atomic E-state index is -0.197. The van der Waals surface area contributed by atoms with Gasteiger partial charge in [0.05, 0.1) is 17.5 Å². The van der Waals surface area contributed by atoms with Crippen molar-refractivity contribution in [1.82, 2.24) is 15.5 Å². The molecule has 0 aliphatic heterocycles. The monoisotopic (exact) mass is 317 g/mol. The van der Waals surface area contributed by atoms with Crippen molar-refractivity contribution < 1.29 is 9.90 Å². The van der Waals surface area contributed by atoms with Gasteiger partial charge in [-0.3, -0.25) is 9.89 Å². The first-order valence-corrected chi connectivity index (χ1v) is 7.44. The Bertz CT molecular complexity index is 711. The molecule has 0 unspecified atom stereocenters. The van der Waals surface area contributed by atoms with Gasteiger partial charge in [0.15, 0.2) is 0 Å². The van der Waals surface area contributed by atoms with Gasteiger partial charge in [0, 0.05) is 29.2 Å². The number of hydrogen-bond acceptors (Lipinski definition) is 3. The van der Waals surface area contributed by atoms with Crippen LogP contribution in [0.3, 0.4) is 0 Å². The zero-order chi connectivity index (χ0) is 15.5.